The van der Waals surface area contributed by atoms with Gasteiger partial charge in [-0.3, -0.25) is 0 Å². The van der Waals surface area contributed by atoms with Gasteiger partial charge in [-0.2, -0.15) is 0 Å². The molecule has 4 heteroatoms. The van der Waals surface area contributed by atoms with Gasteiger partial charge in [0.1, 0.15) is 5.54 Å². The van der Waals surface area contributed by atoms with Crippen molar-refractivity contribution in [1.82, 2.24) is 5.32 Å². The molecule has 1 nitrogen and oxygen atoms in total. The molecule has 1 heterocycles. The van der Waals surface area contributed by atoms with E-state index in [0.29, 0.717) is 10.0 Å². The fourth-order valence-electron chi connectivity index (χ4n) is 3.41. The van der Waals surface area contributed by atoms with Crippen molar-refractivity contribution >= 4 is 34.5 Å². The molecule has 2 aromatic carbocycles. The highest BCUT2D eigenvalue weighted by Gasteiger charge is 2.37. The highest BCUT2D eigenvalue weighted by molar-refractivity contribution is 7.15. The van der Waals surface area contributed by atoms with Gasteiger partial charge >= 0.3 is 0 Å². The zero-order valence-electron chi connectivity index (χ0n) is 16.1. The molecular weight excluding hydrogens is 405 g/mol. The molecule has 0 aliphatic heterocycles. The van der Waals surface area contributed by atoms with Gasteiger partial charge in [0.25, 0.3) is 0 Å². The van der Waals surface area contributed by atoms with Gasteiger partial charge in [0, 0.05) is 25.5 Å². The molecule has 0 spiro atoms. The number of hydrogen-bond donors (Lipinski definition) is 1. The second-order valence-electron chi connectivity index (χ2n) is 6.80. The van der Waals surface area contributed by atoms with Crippen LogP contribution in [0, 0.1) is 0 Å². The summed E-state index contributed by atoms with van der Waals surface area (Å²) in [6.07, 6.45) is 0.839. The summed E-state index contributed by atoms with van der Waals surface area (Å²) in [4.78, 5) is 2.26. The first-order valence-electron chi connectivity index (χ1n) is 9.11. The largest absolute Gasteiger partial charge is 0.372 e. The maximum Gasteiger partial charge on any atom is 0.118 e. The van der Waals surface area contributed by atoms with E-state index in [1.807, 2.05) is 25.1 Å². The van der Waals surface area contributed by atoms with Crippen LogP contribution in [0.1, 0.15) is 30.7 Å². The summed E-state index contributed by atoms with van der Waals surface area (Å²) in [5.41, 5.74) is 3.58. The minimum absolute atomic E-state index is 0.535. The molecule has 0 bridgehead atoms. The van der Waals surface area contributed by atoms with Crippen LogP contribution in [0.25, 0.3) is 10.4 Å². The average molecular weight is 428 g/mol. The van der Waals surface area contributed by atoms with E-state index in [-0.39, 0.29) is 0 Å². The van der Waals surface area contributed by atoms with Crippen molar-refractivity contribution in [2.45, 2.75) is 25.8 Å². The molecule has 3 rings (SSSR count). The van der Waals surface area contributed by atoms with Gasteiger partial charge in [-0.1, -0.05) is 73.6 Å². The molecule has 1 N–H and O–H groups in total. The fraction of sp³-hybridized carbons (Fsp3) is 0.167. The van der Waals surface area contributed by atoms with Gasteiger partial charge in [0.2, 0.25) is 0 Å². The van der Waals surface area contributed by atoms with Crippen molar-refractivity contribution in [3.05, 3.63) is 106 Å². The Hall–Kier alpha value is -2.00. The first-order valence-corrected chi connectivity index (χ1v) is 10.7. The number of benzene rings is 2. The summed E-state index contributed by atoms with van der Waals surface area (Å²) in [7, 11) is 0. The quantitative estimate of drug-likeness (QED) is 0.375. The molecule has 0 radical (unpaired) electrons. The van der Waals surface area contributed by atoms with E-state index < -0.39 is 5.54 Å². The van der Waals surface area contributed by atoms with E-state index in [1.54, 1.807) is 17.4 Å². The molecule has 1 aromatic heterocycles. The van der Waals surface area contributed by atoms with Crippen LogP contribution in [-0.4, -0.2) is 0 Å². The monoisotopic (exact) mass is 427 g/mol. The van der Waals surface area contributed by atoms with Crippen molar-refractivity contribution in [2.75, 3.05) is 0 Å². The van der Waals surface area contributed by atoms with Gasteiger partial charge < -0.3 is 5.32 Å². The molecule has 0 aliphatic rings. The predicted molar refractivity (Wildman–Crippen MR) is 124 cm³/mol. The second kappa shape index (κ2) is 8.57. The maximum atomic E-state index is 6.22. The normalized spacial score (nSPS) is 13.0. The molecule has 0 saturated heterocycles. The summed E-state index contributed by atoms with van der Waals surface area (Å²) >= 11 is 14.1. The molecular formula is C24H23Cl2NS. The number of rotatable bonds is 7. The Morgan fingerprint density at radius 3 is 2.21 bits per heavy atom. The van der Waals surface area contributed by atoms with E-state index in [0.717, 1.165) is 38.6 Å². The average Bonchev–Trinajstić information content (AvgIpc) is 3.16. The first-order chi connectivity index (χ1) is 13.4. The Morgan fingerprint density at radius 2 is 1.64 bits per heavy atom. The molecule has 1 unspecified atom stereocenters. The van der Waals surface area contributed by atoms with Crippen LogP contribution in [0.3, 0.4) is 0 Å². The van der Waals surface area contributed by atoms with E-state index in [2.05, 4.69) is 61.8 Å². The van der Waals surface area contributed by atoms with Crippen LogP contribution in [0.4, 0.5) is 0 Å². The molecule has 1 atom stereocenters. The standard InChI is InChI=1S/C24H23Cl2NS/c1-5-17(4)24(27-16(2)3,19-9-7-6-8-10-19)23-12-11-22(28-23)18-13-20(25)15-21(26)14-18/h6-15,27H,2,4-5H2,1,3H3. The third-order valence-electron chi connectivity index (χ3n) is 4.69. The Kier molecular flexibility index (Phi) is 6.34. The van der Waals surface area contributed by atoms with E-state index in [1.165, 1.54) is 0 Å². The van der Waals surface area contributed by atoms with Crippen molar-refractivity contribution in [3.8, 4) is 10.4 Å². The smallest absolute Gasteiger partial charge is 0.118 e. The lowest BCUT2D eigenvalue weighted by atomic mass is 9.80. The van der Waals surface area contributed by atoms with Crippen molar-refractivity contribution < 1.29 is 0 Å². The zero-order chi connectivity index (χ0) is 20.3. The minimum atomic E-state index is -0.535. The van der Waals surface area contributed by atoms with Crippen LogP contribution in [-0.2, 0) is 5.54 Å². The van der Waals surface area contributed by atoms with Gasteiger partial charge in [-0.15, -0.1) is 11.3 Å². The highest BCUT2D eigenvalue weighted by atomic mass is 35.5. The van der Waals surface area contributed by atoms with Gasteiger partial charge in [0.15, 0.2) is 0 Å². The topological polar surface area (TPSA) is 12.0 Å². The summed E-state index contributed by atoms with van der Waals surface area (Å²) in [6, 6.07) is 20.3. The second-order valence-corrected chi connectivity index (χ2v) is 8.76. The minimum Gasteiger partial charge on any atom is -0.372 e. The maximum absolute atomic E-state index is 6.22. The first kappa shape index (κ1) is 20.7. The van der Waals surface area contributed by atoms with Crippen molar-refractivity contribution in [3.63, 3.8) is 0 Å². The Labute approximate surface area is 181 Å². The molecule has 0 aliphatic carbocycles. The van der Waals surface area contributed by atoms with Gasteiger partial charge in [0.05, 0.1) is 0 Å². The van der Waals surface area contributed by atoms with Crippen LogP contribution in [0.15, 0.2) is 85.1 Å². The third kappa shape index (κ3) is 4.05. The van der Waals surface area contributed by atoms with Crippen molar-refractivity contribution in [1.29, 1.82) is 0 Å². The fourth-order valence-corrected chi connectivity index (χ4v) is 5.14. The van der Waals surface area contributed by atoms with Crippen LogP contribution >= 0.6 is 34.5 Å². The number of halogens is 2. The van der Waals surface area contributed by atoms with Crippen LogP contribution in [0.5, 0.6) is 0 Å². The lowest BCUT2D eigenvalue weighted by molar-refractivity contribution is 0.516. The number of hydrogen-bond acceptors (Lipinski definition) is 2. The summed E-state index contributed by atoms with van der Waals surface area (Å²) in [5.74, 6) is 0. The Balaban J connectivity index is 2.20. The molecule has 0 fully saturated rings. The van der Waals surface area contributed by atoms with Gasteiger partial charge in [-0.05, 0) is 60.4 Å². The van der Waals surface area contributed by atoms with E-state index in [9.17, 15) is 0 Å². The molecule has 0 saturated carbocycles. The summed E-state index contributed by atoms with van der Waals surface area (Å²) in [6.45, 7) is 12.6. The summed E-state index contributed by atoms with van der Waals surface area (Å²) in [5, 5.41) is 4.89. The number of nitrogens with one attached hydrogen (secondary N) is 1. The van der Waals surface area contributed by atoms with Gasteiger partial charge in [-0.25, -0.2) is 0 Å². The lowest BCUT2D eigenvalue weighted by Gasteiger charge is -2.37. The number of allylic oxidation sites excluding steroid dienone is 1. The van der Waals surface area contributed by atoms with Crippen LogP contribution in [0.2, 0.25) is 10.0 Å². The summed E-state index contributed by atoms with van der Waals surface area (Å²) < 4.78 is 0. The SMILES string of the molecule is C=C(C)NC(C(=C)CC)(c1ccccc1)c1ccc(-c2cc(Cl)cc(Cl)c2)s1. The van der Waals surface area contributed by atoms with E-state index >= 15 is 0 Å². The molecule has 144 valence electrons. The molecule has 0 amide bonds. The predicted octanol–water partition coefficient (Wildman–Crippen LogP) is 8.05. The molecule has 28 heavy (non-hydrogen) atoms. The van der Waals surface area contributed by atoms with E-state index in [4.69, 9.17) is 23.2 Å². The molecule has 3 aromatic rings. The zero-order valence-corrected chi connectivity index (χ0v) is 18.4. The Morgan fingerprint density at radius 1 is 1.00 bits per heavy atom. The Bertz CT molecular complexity index is 986. The van der Waals surface area contributed by atoms with Crippen molar-refractivity contribution in [2.24, 2.45) is 0 Å². The van der Waals surface area contributed by atoms with Crippen LogP contribution < -0.4 is 5.32 Å². The third-order valence-corrected chi connectivity index (χ3v) is 6.38. The highest BCUT2D eigenvalue weighted by Crippen LogP contribution is 2.44. The number of thiophene rings is 1. The lowest BCUT2D eigenvalue weighted by Crippen LogP contribution is -2.43.